The van der Waals surface area contributed by atoms with E-state index in [-0.39, 0.29) is 17.4 Å². The zero-order valence-electron chi connectivity index (χ0n) is 30.5. The molecule has 5 nitrogen and oxygen atoms in total. The minimum Gasteiger partial charge on any atom is -0.299 e. The summed E-state index contributed by atoms with van der Waals surface area (Å²) in [6.07, 6.45) is 2.51. The molecule has 0 spiro atoms. The first-order valence-corrected chi connectivity index (χ1v) is 17.1. The number of hydrogen-bond acceptors (Lipinski definition) is 5. The predicted octanol–water partition coefficient (Wildman–Crippen LogP) is 11.0. The maximum Gasteiger partial charge on any atom is 0.213 e. The second kappa shape index (κ2) is 17.9. The third-order valence-electron chi connectivity index (χ3n) is 8.35. The highest BCUT2D eigenvalue weighted by atomic mass is 19.2. The summed E-state index contributed by atoms with van der Waals surface area (Å²) in [6, 6.07) is 25.6. The summed E-state index contributed by atoms with van der Waals surface area (Å²) in [5.41, 5.74) is 2.90. The lowest BCUT2D eigenvalue weighted by atomic mass is 9.98. The number of nitrogens with zero attached hydrogens (tertiary/aromatic N) is 2. The maximum atomic E-state index is 13.3. The molecule has 0 unspecified atom stereocenters. The van der Waals surface area contributed by atoms with Gasteiger partial charge in [0.15, 0.2) is 34.8 Å². The summed E-state index contributed by atoms with van der Waals surface area (Å²) < 4.78 is 52.9. The first-order chi connectivity index (χ1) is 24.0. The summed E-state index contributed by atoms with van der Waals surface area (Å²) >= 11 is 0. The average Bonchev–Trinajstić information content (AvgIpc) is 3.87. The van der Waals surface area contributed by atoms with Crippen molar-refractivity contribution in [3.63, 3.8) is 0 Å². The molecule has 0 aliphatic carbocycles. The van der Waals surface area contributed by atoms with Gasteiger partial charge in [-0.1, -0.05) is 120 Å². The summed E-state index contributed by atoms with van der Waals surface area (Å²) in [4.78, 5) is 35.1. The molecule has 0 bridgehead atoms. The number of hydrogen-bond donors (Lipinski definition) is 0. The van der Waals surface area contributed by atoms with Crippen LogP contribution in [0.2, 0.25) is 0 Å². The van der Waals surface area contributed by atoms with Crippen LogP contribution in [0.1, 0.15) is 103 Å². The van der Waals surface area contributed by atoms with Crippen LogP contribution in [0.4, 0.5) is 17.6 Å². The molecular weight excluding hydrogens is 656 g/mol. The van der Waals surface area contributed by atoms with Crippen LogP contribution in [-0.4, -0.2) is 17.3 Å². The van der Waals surface area contributed by atoms with Gasteiger partial charge in [-0.05, 0) is 43.7 Å². The molecule has 1 heterocycles. The van der Waals surface area contributed by atoms with Gasteiger partial charge in [0, 0.05) is 40.5 Å². The Balaban J connectivity index is 0.000000207. The Hall–Kier alpha value is -4.79. The molecule has 270 valence electrons. The van der Waals surface area contributed by atoms with Crippen molar-refractivity contribution in [3.05, 3.63) is 141 Å². The van der Waals surface area contributed by atoms with E-state index in [1.165, 1.54) is 25.0 Å². The smallest absolute Gasteiger partial charge is 0.213 e. The molecule has 0 atom stereocenters. The molecule has 0 aromatic heterocycles. The van der Waals surface area contributed by atoms with Crippen LogP contribution in [0, 0.1) is 47.9 Å². The van der Waals surface area contributed by atoms with E-state index in [0.29, 0.717) is 18.1 Å². The molecule has 0 N–H and O–H groups in total. The van der Waals surface area contributed by atoms with E-state index in [0.717, 1.165) is 36.5 Å². The van der Waals surface area contributed by atoms with Crippen molar-refractivity contribution in [2.45, 2.75) is 80.3 Å². The molecule has 0 saturated heterocycles. The summed E-state index contributed by atoms with van der Waals surface area (Å²) in [5.74, 6) is -6.83. The quantitative estimate of drug-likeness (QED) is 0.0887. The Kier molecular flexibility index (Phi) is 14.3. The van der Waals surface area contributed by atoms with Crippen molar-refractivity contribution < 1.29 is 31.9 Å². The highest BCUT2D eigenvalue weighted by Crippen LogP contribution is 2.38. The fraction of sp³-hybridized carbons (Fsp3) is 0.357. The second-order valence-electron chi connectivity index (χ2n) is 13.8. The SMILES string of the molecule is CC(C)C(=O)CCc1ccc(C2(C)N=N2)cc1.CC(C)Cc1ccc(C(=O)c2ccccc2)cc1.Cc1c(F)c(F)c(C(=O)C(C)C)c(F)c1F. The van der Waals surface area contributed by atoms with Gasteiger partial charge in [0.25, 0.3) is 0 Å². The zero-order valence-corrected chi connectivity index (χ0v) is 30.5. The van der Waals surface area contributed by atoms with Crippen molar-refractivity contribution in [3.8, 4) is 0 Å². The Morgan fingerprint density at radius 2 is 1.14 bits per heavy atom. The van der Waals surface area contributed by atoms with Gasteiger partial charge in [0.2, 0.25) is 5.66 Å². The van der Waals surface area contributed by atoms with Gasteiger partial charge < -0.3 is 0 Å². The molecule has 0 fully saturated rings. The van der Waals surface area contributed by atoms with Gasteiger partial charge in [-0.25, -0.2) is 17.6 Å². The number of carbonyl (C=O) groups excluding carboxylic acids is 3. The van der Waals surface area contributed by atoms with E-state index in [2.05, 4.69) is 60.5 Å². The minimum absolute atomic E-state index is 0.0895. The van der Waals surface area contributed by atoms with Crippen LogP contribution < -0.4 is 0 Å². The van der Waals surface area contributed by atoms with E-state index >= 15 is 0 Å². The predicted molar refractivity (Wildman–Crippen MR) is 192 cm³/mol. The molecule has 5 rings (SSSR count). The van der Waals surface area contributed by atoms with Gasteiger partial charge in [-0.15, -0.1) is 0 Å². The van der Waals surface area contributed by atoms with Crippen LogP contribution in [0.5, 0.6) is 0 Å². The molecular formula is C42H46F4N2O3. The Morgan fingerprint density at radius 3 is 1.59 bits per heavy atom. The van der Waals surface area contributed by atoms with Crippen molar-refractivity contribution in [2.75, 3.05) is 0 Å². The van der Waals surface area contributed by atoms with Gasteiger partial charge in [0.05, 0.1) is 5.56 Å². The third kappa shape index (κ3) is 11.1. The summed E-state index contributed by atoms with van der Waals surface area (Å²) in [6.45, 7) is 14.0. The number of aryl methyl sites for hydroxylation is 1. The first kappa shape index (κ1) is 40.6. The van der Waals surface area contributed by atoms with Crippen molar-refractivity contribution in [1.82, 2.24) is 0 Å². The third-order valence-corrected chi connectivity index (χ3v) is 8.35. The maximum absolute atomic E-state index is 13.3. The van der Waals surface area contributed by atoms with Crippen molar-refractivity contribution in [2.24, 2.45) is 28.0 Å². The highest BCUT2D eigenvalue weighted by Gasteiger charge is 2.35. The van der Waals surface area contributed by atoms with E-state index in [9.17, 15) is 31.9 Å². The molecule has 1 aliphatic rings. The normalized spacial score (nSPS) is 12.6. The molecule has 51 heavy (non-hydrogen) atoms. The van der Waals surface area contributed by atoms with E-state index < -0.39 is 46.1 Å². The number of halogens is 4. The monoisotopic (exact) mass is 702 g/mol. The van der Waals surface area contributed by atoms with Crippen molar-refractivity contribution in [1.29, 1.82) is 0 Å². The van der Waals surface area contributed by atoms with Gasteiger partial charge in [-0.3, -0.25) is 14.4 Å². The zero-order chi connectivity index (χ0) is 38.0. The second-order valence-corrected chi connectivity index (χ2v) is 13.8. The van der Waals surface area contributed by atoms with E-state index in [4.69, 9.17) is 0 Å². The van der Waals surface area contributed by atoms with Crippen LogP contribution in [0.15, 0.2) is 89.1 Å². The number of rotatable bonds is 11. The Labute approximate surface area is 298 Å². The lowest BCUT2D eigenvalue weighted by Gasteiger charge is -2.10. The fourth-order valence-corrected chi connectivity index (χ4v) is 5.00. The molecule has 1 aliphatic heterocycles. The standard InChI is InChI=1S/C17H18O.C14H18N2O.C11H10F4O/c1-13(2)12-14-8-10-16(11-9-14)17(18)15-6-4-3-5-7-15;1-10(2)13(17)9-6-11-4-7-12(8-5-11)14(3)15-16-14;1-4(2)11(16)6-9(14)7(12)5(3)8(13)10(6)15/h3-11,13H,12H2,1-2H3;4-5,7-8,10H,6,9H2,1-3H3;4H,1-3H3. The summed E-state index contributed by atoms with van der Waals surface area (Å²) in [7, 11) is 0. The molecule has 4 aromatic carbocycles. The number of benzene rings is 4. The highest BCUT2D eigenvalue weighted by molar-refractivity contribution is 6.08. The van der Waals surface area contributed by atoms with Crippen molar-refractivity contribution >= 4 is 17.3 Å². The van der Waals surface area contributed by atoms with Crippen LogP contribution in [0.25, 0.3) is 0 Å². The largest absolute Gasteiger partial charge is 0.299 e. The average molecular weight is 703 g/mol. The first-order valence-electron chi connectivity index (χ1n) is 17.1. The molecule has 0 radical (unpaired) electrons. The molecule has 0 saturated carbocycles. The number of ketones is 3. The van der Waals surface area contributed by atoms with Gasteiger partial charge in [0.1, 0.15) is 5.78 Å². The fourth-order valence-electron chi connectivity index (χ4n) is 5.00. The number of Topliss-reactive ketones (excluding diaryl/α,β-unsaturated/α-hetero) is 2. The lowest BCUT2D eigenvalue weighted by molar-refractivity contribution is -0.121. The van der Waals surface area contributed by atoms with E-state index in [1.807, 2.05) is 63.2 Å². The van der Waals surface area contributed by atoms with Gasteiger partial charge in [-0.2, -0.15) is 10.2 Å². The van der Waals surface area contributed by atoms with Crippen LogP contribution in [0.3, 0.4) is 0 Å². The van der Waals surface area contributed by atoms with E-state index in [1.54, 1.807) is 0 Å². The number of carbonyl (C=O) groups is 3. The topological polar surface area (TPSA) is 75.9 Å². The Bertz CT molecular complexity index is 1820. The van der Waals surface area contributed by atoms with Crippen LogP contribution >= 0.6 is 0 Å². The minimum atomic E-state index is -1.63. The van der Waals surface area contributed by atoms with Crippen LogP contribution in [-0.2, 0) is 23.3 Å². The molecule has 4 aromatic rings. The molecule has 9 heteroatoms. The Morgan fingerprint density at radius 1 is 0.647 bits per heavy atom. The summed E-state index contributed by atoms with van der Waals surface area (Å²) in [5, 5.41) is 8.01. The van der Waals surface area contributed by atoms with Gasteiger partial charge >= 0.3 is 0 Å². The molecule has 0 amide bonds. The lowest BCUT2D eigenvalue weighted by Crippen LogP contribution is -2.16.